The molecule has 4 rings (SSSR count). The highest BCUT2D eigenvalue weighted by Crippen LogP contribution is 2.32. The van der Waals surface area contributed by atoms with Crippen molar-refractivity contribution in [2.45, 2.75) is 25.8 Å². The number of carbonyl (C=O) groups excluding carboxylic acids is 1. The molecular weight excluding hydrogens is 330 g/mol. The van der Waals surface area contributed by atoms with Crippen LogP contribution in [0.1, 0.15) is 17.7 Å². The third-order valence-corrected chi connectivity index (χ3v) is 5.57. The molecular formula is C15H15N5OS2. The van der Waals surface area contributed by atoms with E-state index in [2.05, 4.69) is 25.2 Å². The molecule has 6 nitrogen and oxygen atoms in total. The summed E-state index contributed by atoms with van der Waals surface area (Å²) >= 11 is 3.08. The van der Waals surface area contributed by atoms with Gasteiger partial charge in [0.05, 0.1) is 5.39 Å². The lowest BCUT2D eigenvalue weighted by atomic mass is 10.2. The maximum atomic E-state index is 12.7. The van der Waals surface area contributed by atoms with Gasteiger partial charge in [0.2, 0.25) is 5.91 Å². The summed E-state index contributed by atoms with van der Waals surface area (Å²) in [7, 11) is 0. The van der Waals surface area contributed by atoms with E-state index in [1.54, 1.807) is 23.9 Å². The van der Waals surface area contributed by atoms with Crippen molar-refractivity contribution >= 4 is 49.7 Å². The molecule has 1 aliphatic rings. The van der Waals surface area contributed by atoms with Gasteiger partial charge in [-0.3, -0.25) is 4.79 Å². The van der Waals surface area contributed by atoms with Crippen LogP contribution < -0.4 is 10.2 Å². The number of aromatic nitrogens is 3. The summed E-state index contributed by atoms with van der Waals surface area (Å²) in [5, 5.41) is 6.61. The number of carbonyl (C=O) groups is 1. The largest absolute Gasteiger partial charge is 0.344 e. The van der Waals surface area contributed by atoms with Gasteiger partial charge in [0, 0.05) is 17.6 Å². The number of amides is 1. The average molecular weight is 345 g/mol. The molecule has 0 bridgehead atoms. The molecule has 1 atom stereocenters. The Morgan fingerprint density at radius 2 is 2.30 bits per heavy atom. The number of anilines is 2. The number of thiazole rings is 1. The summed E-state index contributed by atoms with van der Waals surface area (Å²) in [6, 6.07) is 1.81. The molecule has 0 radical (unpaired) electrons. The van der Waals surface area contributed by atoms with Crippen molar-refractivity contribution in [1.82, 2.24) is 15.0 Å². The van der Waals surface area contributed by atoms with Crippen molar-refractivity contribution in [3.8, 4) is 0 Å². The van der Waals surface area contributed by atoms with Crippen LogP contribution in [0.5, 0.6) is 0 Å². The van der Waals surface area contributed by atoms with Gasteiger partial charge in [-0.1, -0.05) is 0 Å². The summed E-state index contributed by atoms with van der Waals surface area (Å²) in [5.41, 5.74) is 0. The lowest BCUT2D eigenvalue weighted by molar-refractivity contribution is -0.117. The fourth-order valence-electron chi connectivity index (χ4n) is 2.90. The number of hydrogen-bond donors (Lipinski definition) is 1. The second-order valence-corrected chi connectivity index (χ2v) is 7.58. The molecule has 3 aromatic rings. The Labute approximate surface area is 141 Å². The Hall–Kier alpha value is -2.06. The lowest BCUT2D eigenvalue weighted by Gasteiger charge is -2.24. The van der Waals surface area contributed by atoms with Gasteiger partial charge in [-0.05, 0) is 31.2 Å². The second-order valence-electron chi connectivity index (χ2n) is 5.45. The van der Waals surface area contributed by atoms with Crippen molar-refractivity contribution < 1.29 is 4.79 Å². The van der Waals surface area contributed by atoms with Crippen molar-refractivity contribution in [2.24, 2.45) is 0 Å². The molecule has 118 valence electrons. The SMILES string of the molecule is Cc1cnc(NC(=O)[C@@H]2CCCN2c2ncnc3sccc23)s1. The smallest absolute Gasteiger partial charge is 0.248 e. The molecule has 1 amide bonds. The predicted octanol–water partition coefficient (Wildman–Crippen LogP) is 3.06. The van der Waals surface area contributed by atoms with Crippen LogP contribution in [-0.2, 0) is 4.79 Å². The quantitative estimate of drug-likeness (QED) is 0.790. The van der Waals surface area contributed by atoms with Crippen molar-refractivity contribution in [2.75, 3.05) is 16.8 Å². The van der Waals surface area contributed by atoms with E-state index in [4.69, 9.17) is 0 Å². The first-order chi connectivity index (χ1) is 11.2. The van der Waals surface area contributed by atoms with Gasteiger partial charge in [0.15, 0.2) is 5.13 Å². The molecule has 23 heavy (non-hydrogen) atoms. The maximum absolute atomic E-state index is 12.7. The number of hydrogen-bond acceptors (Lipinski definition) is 7. The van der Waals surface area contributed by atoms with Crippen molar-refractivity contribution in [3.63, 3.8) is 0 Å². The van der Waals surface area contributed by atoms with Crippen LogP contribution in [0.2, 0.25) is 0 Å². The van der Waals surface area contributed by atoms with Crippen molar-refractivity contribution in [1.29, 1.82) is 0 Å². The van der Waals surface area contributed by atoms with Gasteiger partial charge in [0.1, 0.15) is 23.0 Å². The minimum atomic E-state index is -0.211. The van der Waals surface area contributed by atoms with Gasteiger partial charge >= 0.3 is 0 Å². The number of thiophene rings is 1. The highest BCUT2D eigenvalue weighted by molar-refractivity contribution is 7.16. The van der Waals surface area contributed by atoms with E-state index in [0.29, 0.717) is 5.13 Å². The van der Waals surface area contributed by atoms with E-state index in [-0.39, 0.29) is 11.9 Å². The first-order valence-electron chi connectivity index (χ1n) is 7.40. The third kappa shape index (κ3) is 2.68. The van der Waals surface area contributed by atoms with Crippen molar-refractivity contribution in [3.05, 3.63) is 28.8 Å². The second kappa shape index (κ2) is 5.86. The number of nitrogens with one attached hydrogen (secondary N) is 1. The van der Waals surface area contributed by atoms with E-state index >= 15 is 0 Å². The van der Waals surface area contributed by atoms with Gasteiger partial charge in [-0.25, -0.2) is 15.0 Å². The van der Waals surface area contributed by atoms with E-state index in [1.807, 2.05) is 18.4 Å². The molecule has 0 saturated carbocycles. The van der Waals surface area contributed by atoms with Crippen LogP contribution >= 0.6 is 22.7 Å². The molecule has 1 N–H and O–H groups in total. The summed E-state index contributed by atoms with van der Waals surface area (Å²) in [4.78, 5) is 29.7. The van der Waals surface area contributed by atoms with Crippen LogP contribution in [0.4, 0.5) is 10.9 Å². The molecule has 0 spiro atoms. The highest BCUT2D eigenvalue weighted by atomic mass is 32.1. The standard InChI is InChI=1S/C15H15N5OS2/c1-9-7-16-15(23-9)19-13(21)11-3-2-5-20(11)12-10-4-6-22-14(10)18-8-17-12/h4,6-8,11H,2-3,5H2,1H3,(H,16,19,21)/t11-/m0/s1. The Morgan fingerprint density at radius 3 is 3.13 bits per heavy atom. The molecule has 8 heteroatoms. The van der Waals surface area contributed by atoms with Gasteiger partial charge in [-0.2, -0.15) is 0 Å². The Morgan fingerprint density at radius 1 is 1.39 bits per heavy atom. The monoisotopic (exact) mass is 345 g/mol. The minimum Gasteiger partial charge on any atom is -0.344 e. The van der Waals surface area contributed by atoms with Crippen LogP contribution in [0, 0.1) is 6.92 Å². The summed E-state index contributed by atoms with van der Waals surface area (Å²) in [6.45, 7) is 2.81. The normalized spacial score (nSPS) is 17.8. The minimum absolute atomic E-state index is 0.0150. The fraction of sp³-hybridized carbons (Fsp3) is 0.333. The first-order valence-corrected chi connectivity index (χ1v) is 9.10. The molecule has 0 aliphatic carbocycles. The zero-order valence-electron chi connectivity index (χ0n) is 12.5. The molecule has 0 aromatic carbocycles. The predicted molar refractivity (Wildman–Crippen MR) is 93.3 cm³/mol. The molecule has 1 aliphatic heterocycles. The fourth-order valence-corrected chi connectivity index (χ4v) is 4.29. The zero-order chi connectivity index (χ0) is 15.8. The molecule has 3 aromatic heterocycles. The topological polar surface area (TPSA) is 71.0 Å². The third-order valence-electron chi connectivity index (χ3n) is 3.92. The van der Waals surface area contributed by atoms with Crippen LogP contribution in [0.25, 0.3) is 10.2 Å². The number of aryl methyl sites for hydroxylation is 1. The van der Waals surface area contributed by atoms with Crippen LogP contribution in [-0.4, -0.2) is 33.4 Å². The Balaban J connectivity index is 1.61. The molecule has 0 unspecified atom stereocenters. The molecule has 4 heterocycles. The maximum Gasteiger partial charge on any atom is 0.248 e. The van der Waals surface area contributed by atoms with Gasteiger partial charge in [0.25, 0.3) is 0 Å². The summed E-state index contributed by atoms with van der Waals surface area (Å²) in [5.74, 6) is 0.836. The van der Waals surface area contributed by atoms with Gasteiger partial charge < -0.3 is 10.2 Å². The number of nitrogens with zero attached hydrogens (tertiary/aromatic N) is 4. The first kappa shape index (κ1) is 14.5. The van der Waals surface area contributed by atoms with E-state index in [0.717, 1.165) is 40.3 Å². The summed E-state index contributed by atoms with van der Waals surface area (Å²) in [6.07, 6.45) is 5.15. The highest BCUT2D eigenvalue weighted by Gasteiger charge is 2.33. The van der Waals surface area contributed by atoms with Crippen LogP contribution in [0.15, 0.2) is 24.0 Å². The summed E-state index contributed by atoms with van der Waals surface area (Å²) < 4.78 is 0. The van der Waals surface area contributed by atoms with Gasteiger partial charge in [-0.15, -0.1) is 22.7 Å². The van der Waals surface area contributed by atoms with Crippen LogP contribution in [0.3, 0.4) is 0 Å². The van der Waals surface area contributed by atoms with E-state index < -0.39 is 0 Å². The molecule has 1 fully saturated rings. The van der Waals surface area contributed by atoms with E-state index in [9.17, 15) is 4.79 Å². The molecule has 1 saturated heterocycles. The number of fused-ring (bicyclic) bond motifs is 1. The lowest BCUT2D eigenvalue weighted by Crippen LogP contribution is -2.40. The number of rotatable bonds is 3. The zero-order valence-corrected chi connectivity index (χ0v) is 14.2. The average Bonchev–Trinajstić information content (AvgIpc) is 3.26. The Kier molecular flexibility index (Phi) is 3.70. The Bertz CT molecular complexity index is 858. The van der Waals surface area contributed by atoms with E-state index in [1.165, 1.54) is 11.3 Å².